The third-order valence-electron chi connectivity index (χ3n) is 4.44. The maximum absolute atomic E-state index is 14.2. The van der Waals surface area contributed by atoms with Crippen LogP contribution in [0.1, 0.15) is 23.6 Å². The number of fused-ring (bicyclic) bond motifs is 1. The smallest absolute Gasteiger partial charge is 0.310 e. The van der Waals surface area contributed by atoms with Gasteiger partial charge >= 0.3 is 5.97 Å². The minimum atomic E-state index is -0.263. The maximum Gasteiger partial charge on any atom is 0.310 e. The molecule has 1 N–H and O–H groups in total. The molecular weight excluding hydrogens is 321 g/mol. The zero-order valence-electron chi connectivity index (χ0n) is 14.5. The summed E-state index contributed by atoms with van der Waals surface area (Å²) in [4.78, 5) is 11.8. The molecule has 2 aromatic carbocycles. The lowest BCUT2D eigenvalue weighted by Crippen LogP contribution is -2.25. The fraction of sp³-hybridized carbons (Fsp3) is 0.350. The molecule has 0 spiro atoms. The standard InChI is InChI=1S/C20H22FNO3/c1-3-25-20(23)11-13-4-7-19(24-2)16(10-13)14-5-6-18(21)15-8-9-22-12-17(14)15/h4-7,10,22H,3,8-9,11-12H2,1-2H3. The summed E-state index contributed by atoms with van der Waals surface area (Å²) in [5.74, 6) is 0.273. The van der Waals surface area contributed by atoms with Crippen molar-refractivity contribution < 1.29 is 18.7 Å². The molecule has 0 saturated carbocycles. The van der Waals surface area contributed by atoms with E-state index in [9.17, 15) is 9.18 Å². The topological polar surface area (TPSA) is 47.6 Å². The van der Waals surface area contributed by atoms with Gasteiger partial charge in [-0.2, -0.15) is 0 Å². The van der Waals surface area contributed by atoms with Crippen LogP contribution < -0.4 is 10.1 Å². The number of rotatable bonds is 5. The van der Waals surface area contributed by atoms with E-state index in [2.05, 4.69) is 5.32 Å². The van der Waals surface area contributed by atoms with Crippen molar-refractivity contribution in [2.45, 2.75) is 26.3 Å². The van der Waals surface area contributed by atoms with Crippen LogP contribution in [0.2, 0.25) is 0 Å². The summed E-state index contributed by atoms with van der Waals surface area (Å²) in [6.45, 7) is 3.54. The largest absolute Gasteiger partial charge is 0.496 e. The molecule has 3 rings (SSSR count). The SMILES string of the molecule is CCOC(=O)Cc1ccc(OC)c(-c2ccc(F)c3c2CNCC3)c1. The molecule has 0 aromatic heterocycles. The zero-order chi connectivity index (χ0) is 17.8. The van der Waals surface area contributed by atoms with Crippen LogP contribution in [-0.2, 0) is 28.9 Å². The highest BCUT2D eigenvalue weighted by atomic mass is 19.1. The van der Waals surface area contributed by atoms with E-state index >= 15 is 0 Å². The molecule has 0 atom stereocenters. The highest BCUT2D eigenvalue weighted by Crippen LogP contribution is 2.36. The molecular formula is C20H22FNO3. The first-order valence-electron chi connectivity index (χ1n) is 8.48. The van der Waals surface area contributed by atoms with Crippen LogP contribution in [0.4, 0.5) is 4.39 Å². The second kappa shape index (κ2) is 7.66. The van der Waals surface area contributed by atoms with Crippen LogP contribution in [-0.4, -0.2) is 26.2 Å². The summed E-state index contributed by atoms with van der Waals surface area (Å²) in [7, 11) is 1.61. The number of hydrogen-bond donors (Lipinski definition) is 1. The van der Waals surface area contributed by atoms with Crippen LogP contribution in [0.3, 0.4) is 0 Å². The molecule has 1 aliphatic rings. The van der Waals surface area contributed by atoms with E-state index < -0.39 is 0 Å². The molecule has 132 valence electrons. The summed E-state index contributed by atoms with van der Waals surface area (Å²) >= 11 is 0. The first-order valence-corrected chi connectivity index (χ1v) is 8.48. The second-order valence-corrected chi connectivity index (χ2v) is 6.00. The van der Waals surface area contributed by atoms with Crippen LogP contribution in [0.5, 0.6) is 5.75 Å². The molecule has 0 aliphatic carbocycles. The highest BCUT2D eigenvalue weighted by molar-refractivity contribution is 5.78. The molecule has 1 heterocycles. The molecule has 0 unspecified atom stereocenters. The lowest BCUT2D eigenvalue weighted by atomic mass is 9.90. The normalized spacial score (nSPS) is 13.2. The molecule has 1 aliphatic heterocycles. The summed E-state index contributed by atoms with van der Waals surface area (Å²) in [5, 5.41) is 3.30. The van der Waals surface area contributed by atoms with Crippen molar-refractivity contribution in [3.8, 4) is 16.9 Å². The summed E-state index contributed by atoms with van der Waals surface area (Å²) in [6, 6.07) is 8.92. The Morgan fingerprint density at radius 1 is 1.20 bits per heavy atom. The van der Waals surface area contributed by atoms with Crippen LogP contribution in [0.25, 0.3) is 11.1 Å². The van der Waals surface area contributed by atoms with Gasteiger partial charge in [-0.3, -0.25) is 4.79 Å². The number of carbonyl (C=O) groups excluding carboxylic acids is 1. The molecule has 25 heavy (non-hydrogen) atoms. The van der Waals surface area contributed by atoms with Crippen molar-refractivity contribution in [3.05, 3.63) is 52.8 Å². The average molecular weight is 343 g/mol. The lowest BCUT2D eigenvalue weighted by Gasteiger charge is -2.22. The van der Waals surface area contributed by atoms with Gasteiger partial charge in [0.2, 0.25) is 0 Å². The van der Waals surface area contributed by atoms with Gasteiger partial charge < -0.3 is 14.8 Å². The van der Waals surface area contributed by atoms with Gasteiger partial charge in [-0.1, -0.05) is 12.1 Å². The summed E-state index contributed by atoms with van der Waals surface area (Å²) < 4.78 is 24.7. The predicted octanol–water partition coefficient (Wildman–Crippen LogP) is 3.25. The van der Waals surface area contributed by atoms with Crippen molar-refractivity contribution in [2.75, 3.05) is 20.3 Å². The van der Waals surface area contributed by atoms with Crippen LogP contribution in [0, 0.1) is 5.82 Å². The Hall–Kier alpha value is -2.40. The van der Waals surface area contributed by atoms with Crippen molar-refractivity contribution in [1.29, 1.82) is 0 Å². The quantitative estimate of drug-likeness (QED) is 0.847. The Labute approximate surface area is 147 Å². The van der Waals surface area contributed by atoms with E-state index in [4.69, 9.17) is 9.47 Å². The number of methoxy groups -OCH3 is 1. The zero-order valence-corrected chi connectivity index (χ0v) is 14.5. The van der Waals surface area contributed by atoms with Crippen molar-refractivity contribution in [3.63, 3.8) is 0 Å². The van der Waals surface area contributed by atoms with E-state index in [-0.39, 0.29) is 18.2 Å². The Kier molecular flexibility index (Phi) is 5.34. The van der Waals surface area contributed by atoms with Crippen LogP contribution >= 0.6 is 0 Å². The number of carbonyl (C=O) groups is 1. The van der Waals surface area contributed by atoms with E-state index in [0.717, 1.165) is 34.4 Å². The van der Waals surface area contributed by atoms with Gasteiger partial charge in [0, 0.05) is 12.1 Å². The molecule has 2 aromatic rings. The summed E-state index contributed by atoms with van der Waals surface area (Å²) in [5.41, 5.74) is 4.36. The monoisotopic (exact) mass is 343 g/mol. The molecule has 0 saturated heterocycles. The van der Waals surface area contributed by atoms with E-state index in [1.54, 1.807) is 20.1 Å². The van der Waals surface area contributed by atoms with E-state index in [1.165, 1.54) is 6.07 Å². The Bertz CT molecular complexity index is 789. The Morgan fingerprint density at radius 3 is 2.80 bits per heavy atom. The van der Waals surface area contributed by atoms with Gasteiger partial charge in [-0.15, -0.1) is 0 Å². The van der Waals surface area contributed by atoms with Gasteiger partial charge in [0.25, 0.3) is 0 Å². The number of nitrogens with one attached hydrogen (secondary N) is 1. The van der Waals surface area contributed by atoms with E-state index in [0.29, 0.717) is 25.3 Å². The number of hydrogen-bond acceptors (Lipinski definition) is 4. The minimum Gasteiger partial charge on any atom is -0.496 e. The predicted molar refractivity (Wildman–Crippen MR) is 94.1 cm³/mol. The highest BCUT2D eigenvalue weighted by Gasteiger charge is 2.20. The van der Waals surface area contributed by atoms with Gasteiger partial charge in [0.1, 0.15) is 11.6 Å². The van der Waals surface area contributed by atoms with Gasteiger partial charge in [-0.25, -0.2) is 4.39 Å². The van der Waals surface area contributed by atoms with Crippen molar-refractivity contribution in [2.24, 2.45) is 0 Å². The van der Waals surface area contributed by atoms with Crippen LogP contribution in [0.15, 0.2) is 30.3 Å². The third kappa shape index (κ3) is 3.66. The van der Waals surface area contributed by atoms with Gasteiger partial charge in [-0.05, 0) is 60.3 Å². The molecule has 0 amide bonds. The number of ether oxygens (including phenoxy) is 2. The second-order valence-electron chi connectivity index (χ2n) is 6.00. The number of esters is 1. The third-order valence-corrected chi connectivity index (χ3v) is 4.44. The molecule has 0 bridgehead atoms. The molecule has 4 nitrogen and oxygen atoms in total. The van der Waals surface area contributed by atoms with E-state index in [1.807, 2.05) is 18.2 Å². The van der Waals surface area contributed by atoms with Gasteiger partial charge in [0.15, 0.2) is 0 Å². The number of halogens is 1. The molecule has 5 heteroatoms. The molecule has 0 fully saturated rings. The molecule has 0 radical (unpaired) electrons. The Morgan fingerprint density at radius 2 is 2.04 bits per heavy atom. The fourth-order valence-electron chi connectivity index (χ4n) is 3.27. The summed E-state index contributed by atoms with van der Waals surface area (Å²) in [6.07, 6.45) is 0.867. The fourth-order valence-corrected chi connectivity index (χ4v) is 3.27. The Balaban J connectivity index is 2.05. The lowest BCUT2D eigenvalue weighted by molar-refractivity contribution is -0.142. The first-order chi connectivity index (χ1) is 12.1. The minimum absolute atomic E-state index is 0.165. The number of benzene rings is 2. The maximum atomic E-state index is 14.2. The van der Waals surface area contributed by atoms with Crippen molar-refractivity contribution in [1.82, 2.24) is 5.32 Å². The average Bonchev–Trinajstić information content (AvgIpc) is 2.62. The first kappa shape index (κ1) is 17.4. The van der Waals surface area contributed by atoms with Crippen molar-refractivity contribution >= 4 is 5.97 Å². The van der Waals surface area contributed by atoms with Gasteiger partial charge in [0.05, 0.1) is 20.1 Å².